The first-order valence-electron chi connectivity index (χ1n) is 9.56. The minimum atomic E-state index is -2.08. The van der Waals surface area contributed by atoms with Gasteiger partial charge in [-0.05, 0) is 36.4 Å². The van der Waals surface area contributed by atoms with Gasteiger partial charge in [0.15, 0.2) is 0 Å². The highest BCUT2D eigenvalue weighted by Crippen LogP contribution is 2.16. The Morgan fingerprint density at radius 1 is 0.625 bits per heavy atom. The van der Waals surface area contributed by atoms with Crippen molar-refractivity contribution < 1.29 is 33.8 Å². The number of aliphatic carboxylic acids is 1. The molecule has 1 amide bonds. The summed E-state index contributed by atoms with van der Waals surface area (Å²) < 4.78 is 10.3. The zero-order chi connectivity index (χ0) is 22.9. The molecular weight excluding hydrogens is 414 g/mol. The van der Waals surface area contributed by atoms with Crippen LogP contribution in [0.25, 0.3) is 0 Å². The van der Waals surface area contributed by atoms with Crippen molar-refractivity contribution in [2.45, 2.75) is 12.2 Å². The van der Waals surface area contributed by atoms with E-state index in [9.17, 15) is 24.3 Å². The highest BCUT2D eigenvalue weighted by Gasteiger charge is 2.41. The molecule has 32 heavy (non-hydrogen) atoms. The zero-order valence-electron chi connectivity index (χ0n) is 16.7. The molecule has 2 atom stereocenters. The fourth-order valence-electron chi connectivity index (χ4n) is 2.74. The maximum Gasteiger partial charge on any atom is 0.349 e. The second kappa shape index (κ2) is 10.5. The molecule has 0 saturated heterocycles. The number of rotatable bonds is 8. The lowest BCUT2D eigenvalue weighted by atomic mass is 10.1. The third-order valence-electron chi connectivity index (χ3n) is 4.31. The Balaban J connectivity index is 1.88. The highest BCUT2D eigenvalue weighted by atomic mass is 16.6. The van der Waals surface area contributed by atoms with Gasteiger partial charge in [-0.2, -0.15) is 0 Å². The number of anilines is 1. The predicted octanol–water partition coefficient (Wildman–Crippen LogP) is 3.16. The quantitative estimate of drug-likeness (QED) is 0.524. The lowest BCUT2D eigenvalue weighted by Gasteiger charge is -2.23. The molecular formula is C24H19NO7. The van der Waals surface area contributed by atoms with Crippen molar-refractivity contribution in [1.29, 1.82) is 0 Å². The number of carboxylic acids is 1. The molecule has 0 radical (unpaired) electrons. The number of amides is 1. The van der Waals surface area contributed by atoms with Crippen molar-refractivity contribution in [1.82, 2.24) is 0 Å². The second-order valence-electron chi connectivity index (χ2n) is 6.58. The minimum absolute atomic E-state index is 0.0790. The molecule has 0 spiro atoms. The number of ether oxygens (including phenoxy) is 2. The fourth-order valence-corrected chi connectivity index (χ4v) is 2.74. The minimum Gasteiger partial charge on any atom is -0.478 e. The Bertz CT molecular complexity index is 1090. The number of para-hydroxylation sites is 1. The first-order valence-corrected chi connectivity index (χ1v) is 9.56. The third-order valence-corrected chi connectivity index (χ3v) is 4.31. The molecule has 8 heteroatoms. The van der Waals surface area contributed by atoms with Crippen molar-refractivity contribution in [2.24, 2.45) is 0 Å². The normalized spacial score (nSPS) is 12.1. The fraction of sp³-hybridized carbons (Fsp3) is 0.0833. The van der Waals surface area contributed by atoms with Gasteiger partial charge >= 0.3 is 17.9 Å². The van der Waals surface area contributed by atoms with Crippen LogP contribution in [0.4, 0.5) is 5.69 Å². The van der Waals surface area contributed by atoms with E-state index in [0.717, 1.165) is 0 Å². The van der Waals surface area contributed by atoms with Gasteiger partial charge in [0, 0.05) is 5.69 Å². The van der Waals surface area contributed by atoms with E-state index in [0.29, 0.717) is 5.69 Å². The SMILES string of the molecule is O=C(O[C@H](C(=O)O)[C@@H](OC(=O)c1ccccc1)C(=O)Nc1ccccc1)c1ccccc1. The lowest BCUT2D eigenvalue weighted by molar-refractivity contribution is -0.157. The van der Waals surface area contributed by atoms with E-state index in [1.165, 1.54) is 24.3 Å². The number of hydrogen-bond donors (Lipinski definition) is 2. The number of hydrogen-bond acceptors (Lipinski definition) is 6. The highest BCUT2D eigenvalue weighted by molar-refractivity contribution is 6.01. The summed E-state index contributed by atoms with van der Waals surface area (Å²) in [6, 6.07) is 23.6. The first kappa shape index (κ1) is 22.2. The third kappa shape index (κ3) is 5.79. The number of esters is 2. The van der Waals surface area contributed by atoms with Crippen LogP contribution in [0.3, 0.4) is 0 Å². The van der Waals surface area contributed by atoms with E-state index in [4.69, 9.17) is 9.47 Å². The van der Waals surface area contributed by atoms with Gasteiger partial charge in [0.25, 0.3) is 5.91 Å². The second-order valence-corrected chi connectivity index (χ2v) is 6.58. The Morgan fingerprint density at radius 2 is 1.03 bits per heavy atom. The van der Waals surface area contributed by atoms with Crippen molar-refractivity contribution in [2.75, 3.05) is 5.32 Å². The van der Waals surface area contributed by atoms with Gasteiger partial charge in [0.1, 0.15) is 0 Å². The molecule has 2 N–H and O–H groups in total. The van der Waals surface area contributed by atoms with Crippen LogP contribution in [0, 0.1) is 0 Å². The van der Waals surface area contributed by atoms with E-state index in [2.05, 4.69) is 5.32 Å². The van der Waals surface area contributed by atoms with Gasteiger partial charge in [-0.1, -0.05) is 54.6 Å². The molecule has 0 saturated carbocycles. The summed E-state index contributed by atoms with van der Waals surface area (Å²) in [5.41, 5.74) is 0.524. The largest absolute Gasteiger partial charge is 0.478 e. The number of benzene rings is 3. The molecule has 3 aromatic rings. The molecule has 0 aliphatic heterocycles. The van der Waals surface area contributed by atoms with Crippen molar-refractivity contribution in [3.05, 3.63) is 102 Å². The van der Waals surface area contributed by atoms with Crippen LogP contribution >= 0.6 is 0 Å². The van der Waals surface area contributed by atoms with Crippen LogP contribution in [-0.2, 0) is 19.1 Å². The Kier molecular flexibility index (Phi) is 7.32. The Labute approximate surface area is 183 Å². The summed E-state index contributed by atoms with van der Waals surface area (Å²) >= 11 is 0. The summed E-state index contributed by atoms with van der Waals surface area (Å²) in [7, 11) is 0. The molecule has 0 aliphatic carbocycles. The number of carboxylic acid groups (broad SMARTS) is 1. The van der Waals surface area contributed by atoms with Crippen LogP contribution < -0.4 is 5.32 Å². The summed E-state index contributed by atoms with van der Waals surface area (Å²) in [4.78, 5) is 49.8. The van der Waals surface area contributed by atoms with Crippen molar-refractivity contribution in [3.8, 4) is 0 Å². The van der Waals surface area contributed by atoms with Gasteiger partial charge in [-0.15, -0.1) is 0 Å². The molecule has 0 heterocycles. The summed E-state index contributed by atoms with van der Waals surface area (Å²) in [6.07, 6.45) is -4.04. The molecule has 3 rings (SSSR count). The Hall–Kier alpha value is -4.46. The number of carbonyl (C=O) groups excluding carboxylic acids is 3. The van der Waals surface area contributed by atoms with Gasteiger partial charge < -0.3 is 19.9 Å². The van der Waals surface area contributed by atoms with Crippen LogP contribution in [0.5, 0.6) is 0 Å². The molecule has 0 aromatic heterocycles. The van der Waals surface area contributed by atoms with Crippen molar-refractivity contribution >= 4 is 29.5 Å². The molecule has 0 aliphatic rings. The molecule has 0 unspecified atom stereocenters. The van der Waals surface area contributed by atoms with Gasteiger partial charge in [-0.3, -0.25) is 4.79 Å². The zero-order valence-corrected chi connectivity index (χ0v) is 16.7. The summed E-state index contributed by atoms with van der Waals surface area (Å²) in [5, 5.41) is 12.2. The molecule has 3 aromatic carbocycles. The molecule has 0 fully saturated rings. The van der Waals surface area contributed by atoms with E-state index in [1.807, 2.05) is 0 Å². The molecule has 162 valence electrons. The molecule has 8 nitrogen and oxygen atoms in total. The lowest BCUT2D eigenvalue weighted by Crippen LogP contribution is -2.48. The monoisotopic (exact) mass is 433 g/mol. The maximum absolute atomic E-state index is 12.9. The van der Waals surface area contributed by atoms with Crippen LogP contribution in [0.15, 0.2) is 91.0 Å². The first-order chi connectivity index (χ1) is 15.5. The topological polar surface area (TPSA) is 119 Å². The maximum atomic E-state index is 12.9. The number of carbonyl (C=O) groups is 4. The Morgan fingerprint density at radius 3 is 1.47 bits per heavy atom. The smallest absolute Gasteiger partial charge is 0.349 e. The average molecular weight is 433 g/mol. The van der Waals surface area contributed by atoms with Crippen LogP contribution in [-0.4, -0.2) is 41.1 Å². The predicted molar refractivity (Wildman–Crippen MR) is 114 cm³/mol. The van der Waals surface area contributed by atoms with Crippen LogP contribution in [0.1, 0.15) is 20.7 Å². The molecule has 0 bridgehead atoms. The standard InChI is InChI=1S/C24H19NO7/c26-21(25-18-14-8-3-9-15-18)19(31-23(29)16-10-4-1-5-11-16)20(22(27)28)32-24(30)17-12-6-2-7-13-17/h1-15,19-20H,(H,25,26)(H,27,28)/t19-,20+/m1/s1. The van der Waals surface area contributed by atoms with E-state index in [-0.39, 0.29) is 11.1 Å². The van der Waals surface area contributed by atoms with Crippen molar-refractivity contribution in [3.63, 3.8) is 0 Å². The summed E-state index contributed by atoms with van der Waals surface area (Å²) in [5.74, 6) is -4.54. The van der Waals surface area contributed by atoms with Gasteiger partial charge in [0.2, 0.25) is 12.2 Å². The van der Waals surface area contributed by atoms with Crippen LogP contribution in [0.2, 0.25) is 0 Å². The van der Waals surface area contributed by atoms with Gasteiger partial charge in [-0.25, -0.2) is 14.4 Å². The number of nitrogens with one attached hydrogen (secondary N) is 1. The van der Waals surface area contributed by atoms with E-state index in [1.54, 1.807) is 66.7 Å². The summed E-state index contributed by atoms with van der Waals surface area (Å²) in [6.45, 7) is 0. The van der Waals surface area contributed by atoms with Gasteiger partial charge in [0.05, 0.1) is 11.1 Å². The van der Waals surface area contributed by atoms with E-state index < -0.39 is 36.0 Å². The van der Waals surface area contributed by atoms with E-state index >= 15 is 0 Å². The average Bonchev–Trinajstić information content (AvgIpc) is 2.82.